The Labute approximate surface area is 160 Å². The number of benzene rings is 2. The summed E-state index contributed by atoms with van der Waals surface area (Å²) in [6.45, 7) is 4.69. The predicted octanol–water partition coefficient (Wildman–Crippen LogP) is 3.11. The molecule has 6 heteroatoms. The molecule has 144 valence electrons. The molecule has 2 N–H and O–H groups in total. The molecule has 2 aromatic carbocycles. The number of carbonyl (C=O) groups excluding carboxylic acids is 1. The van der Waals surface area contributed by atoms with Gasteiger partial charge in [-0.1, -0.05) is 36.4 Å². The van der Waals surface area contributed by atoms with E-state index in [0.29, 0.717) is 24.7 Å². The Hall–Kier alpha value is -2.57. The molecule has 0 aromatic heterocycles. The highest BCUT2D eigenvalue weighted by atomic mass is 16.5. The minimum absolute atomic E-state index is 0.0197. The zero-order valence-corrected chi connectivity index (χ0v) is 15.9. The van der Waals surface area contributed by atoms with Gasteiger partial charge >= 0.3 is 6.03 Å². The van der Waals surface area contributed by atoms with Gasteiger partial charge in [-0.15, -0.1) is 0 Å². The molecule has 6 nitrogen and oxygen atoms in total. The number of likely N-dealkylation sites (tertiary alicyclic amines) is 1. The van der Waals surface area contributed by atoms with E-state index >= 15 is 0 Å². The molecule has 3 rings (SSSR count). The number of nitrogens with one attached hydrogen (secondary N) is 2. The third kappa shape index (κ3) is 5.70. The number of ether oxygens (including phenoxy) is 2. The Morgan fingerprint density at radius 1 is 1.15 bits per heavy atom. The minimum atomic E-state index is -0.236. The monoisotopic (exact) mass is 369 g/mol. The SMILES string of the molecule is CCO[C@H]1CN(C)C[C@@H]1NC(=O)Nc1cccc(OCc2ccccc2)c1. The second-order valence-corrected chi connectivity index (χ2v) is 6.72. The van der Waals surface area contributed by atoms with E-state index in [2.05, 4.69) is 15.5 Å². The first-order chi connectivity index (χ1) is 13.1. The Kier molecular flexibility index (Phi) is 6.68. The lowest BCUT2D eigenvalue weighted by atomic mass is 10.2. The lowest BCUT2D eigenvalue weighted by molar-refractivity contribution is 0.0568. The van der Waals surface area contributed by atoms with Gasteiger partial charge in [-0.2, -0.15) is 0 Å². The third-order valence-electron chi connectivity index (χ3n) is 4.49. The quantitative estimate of drug-likeness (QED) is 0.787. The van der Waals surface area contributed by atoms with Gasteiger partial charge in [0.25, 0.3) is 0 Å². The number of hydrogen-bond donors (Lipinski definition) is 2. The van der Waals surface area contributed by atoms with E-state index < -0.39 is 0 Å². The molecule has 0 bridgehead atoms. The van der Waals surface area contributed by atoms with Crippen LogP contribution in [0, 0.1) is 0 Å². The number of carbonyl (C=O) groups is 1. The molecule has 1 heterocycles. The standard InChI is InChI=1S/C21H27N3O3/c1-3-26-20-14-24(2)13-19(20)23-21(25)22-17-10-7-11-18(12-17)27-15-16-8-5-4-6-9-16/h4-12,19-20H,3,13-15H2,1-2H3,(H2,22,23,25)/t19-,20-/m0/s1. The molecule has 1 fully saturated rings. The number of anilines is 1. The van der Waals surface area contributed by atoms with Crippen LogP contribution in [0.3, 0.4) is 0 Å². The number of hydrogen-bond acceptors (Lipinski definition) is 4. The molecule has 0 unspecified atom stereocenters. The predicted molar refractivity (Wildman–Crippen MR) is 106 cm³/mol. The molecule has 27 heavy (non-hydrogen) atoms. The van der Waals surface area contributed by atoms with E-state index in [9.17, 15) is 4.79 Å². The largest absolute Gasteiger partial charge is 0.489 e. The van der Waals surface area contributed by atoms with E-state index in [1.54, 1.807) is 0 Å². The second-order valence-electron chi connectivity index (χ2n) is 6.72. The molecular formula is C21H27N3O3. The van der Waals surface area contributed by atoms with Crippen LogP contribution in [0.5, 0.6) is 5.75 Å². The van der Waals surface area contributed by atoms with Crippen molar-refractivity contribution in [2.45, 2.75) is 25.7 Å². The van der Waals surface area contributed by atoms with Crippen molar-refractivity contribution < 1.29 is 14.3 Å². The summed E-state index contributed by atoms with van der Waals surface area (Å²) in [6, 6.07) is 17.1. The van der Waals surface area contributed by atoms with Crippen LogP contribution in [0.2, 0.25) is 0 Å². The van der Waals surface area contributed by atoms with Crippen molar-refractivity contribution in [3.05, 3.63) is 60.2 Å². The maximum Gasteiger partial charge on any atom is 0.319 e. The van der Waals surface area contributed by atoms with Gasteiger partial charge in [0.1, 0.15) is 12.4 Å². The van der Waals surface area contributed by atoms with Gasteiger partial charge in [-0.05, 0) is 31.7 Å². The first-order valence-electron chi connectivity index (χ1n) is 9.28. The number of amides is 2. The number of urea groups is 1. The van der Waals surface area contributed by atoms with E-state index in [1.165, 1.54) is 0 Å². The Bertz CT molecular complexity index is 738. The maximum atomic E-state index is 12.4. The number of rotatable bonds is 7. The molecule has 0 spiro atoms. The molecular weight excluding hydrogens is 342 g/mol. The van der Waals surface area contributed by atoms with Crippen LogP contribution < -0.4 is 15.4 Å². The smallest absolute Gasteiger partial charge is 0.319 e. The molecule has 1 saturated heterocycles. The van der Waals surface area contributed by atoms with Gasteiger partial charge in [-0.3, -0.25) is 0 Å². The summed E-state index contributed by atoms with van der Waals surface area (Å²) in [5.41, 5.74) is 1.79. The van der Waals surface area contributed by atoms with Crippen LogP contribution in [-0.4, -0.2) is 49.8 Å². The van der Waals surface area contributed by atoms with Crippen molar-refractivity contribution in [2.24, 2.45) is 0 Å². The summed E-state index contributed by atoms with van der Waals surface area (Å²) < 4.78 is 11.5. The molecule has 1 aliphatic heterocycles. The highest BCUT2D eigenvalue weighted by Crippen LogP contribution is 2.19. The Morgan fingerprint density at radius 2 is 1.96 bits per heavy atom. The molecule has 1 aliphatic rings. The second kappa shape index (κ2) is 9.39. The first-order valence-corrected chi connectivity index (χ1v) is 9.28. The number of likely N-dealkylation sites (N-methyl/N-ethyl adjacent to an activating group) is 1. The van der Waals surface area contributed by atoms with E-state index in [4.69, 9.17) is 9.47 Å². The van der Waals surface area contributed by atoms with Crippen LogP contribution >= 0.6 is 0 Å². The van der Waals surface area contributed by atoms with Gasteiger partial charge in [0.2, 0.25) is 0 Å². The summed E-state index contributed by atoms with van der Waals surface area (Å²) in [4.78, 5) is 14.5. The van der Waals surface area contributed by atoms with E-state index in [-0.39, 0.29) is 18.2 Å². The van der Waals surface area contributed by atoms with Gasteiger partial charge in [0.15, 0.2) is 0 Å². The zero-order valence-electron chi connectivity index (χ0n) is 15.9. The summed E-state index contributed by atoms with van der Waals surface area (Å²) >= 11 is 0. The fraction of sp³-hybridized carbons (Fsp3) is 0.381. The average molecular weight is 369 g/mol. The summed E-state index contributed by atoms with van der Waals surface area (Å²) in [5.74, 6) is 0.712. The summed E-state index contributed by atoms with van der Waals surface area (Å²) in [7, 11) is 2.03. The molecule has 0 saturated carbocycles. The van der Waals surface area contributed by atoms with Crippen molar-refractivity contribution >= 4 is 11.7 Å². The Morgan fingerprint density at radius 3 is 2.74 bits per heavy atom. The van der Waals surface area contributed by atoms with E-state index in [0.717, 1.165) is 18.7 Å². The summed E-state index contributed by atoms with van der Waals surface area (Å²) in [6.07, 6.45) is 0.0197. The van der Waals surface area contributed by atoms with Crippen LogP contribution in [0.4, 0.5) is 10.5 Å². The summed E-state index contributed by atoms with van der Waals surface area (Å²) in [5, 5.41) is 5.89. The van der Waals surface area contributed by atoms with Crippen LogP contribution in [0.15, 0.2) is 54.6 Å². The first kappa shape index (κ1) is 19.2. The zero-order chi connectivity index (χ0) is 19.1. The minimum Gasteiger partial charge on any atom is -0.489 e. The number of nitrogens with zero attached hydrogens (tertiary/aromatic N) is 1. The topological polar surface area (TPSA) is 62.8 Å². The highest BCUT2D eigenvalue weighted by molar-refractivity contribution is 5.89. The van der Waals surface area contributed by atoms with Crippen molar-refractivity contribution in [3.63, 3.8) is 0 Å². The maximum absolute atomic E-state index is 12.4. The van der Waals surface area contributed by atoms with Gasteiger partial charge in [0, 0.05) is 31.5 Å². The van der Waals surface area contributed by atoms with Crippen molar-refractivity contribution in [1.29, 1.82) is 0 Å². The fourth-order valence-corrected chi connectivity index (χ4v) is 3.22. The van der Waals surface area contributed by atoms with Crippen molar-refractivity contribution in [3.8, 4) is 5.75 Å². The lowest BCUT2D eigenvalue weighted by Crippen LogP contribution is -2.45. The molecule has 0 radical (unpaired) electrons. The van der Waals surface area contributed by atoms with Gasteiger partial charge < -0.3 is 25.0 Å². The molecule has 0 aliphatic carbocycles. The third-order valence-corrected chi connectivity index (χ3v) is 4.49. The van der Waals surface area contributed by atoms with Crippen molar-refractivity contribution in [2.75, 3.05) is 32.1 Å². The van der Waals surface area contributed by atoms with Crippen molar-refractivity contribution in [1.82, 2.24) is 10.2 Å². The Balaban J connectivity index is 1.53. The normalized spacial score (nSPS) is 19.6. The average Bonchev–Trinajstić information content (AvgIpc) is 3.00. The van der Waals surface area contributed by atoms with Crippen LogP contribution in [0.25, 0.3) is 0 Å². The van der Waals surface area contributed by atoms with Gasteiger partial charge in [-0.25, -0.2) is 4.79 Å². The molecule has 2 amide bonds. The molecule has 2 aromatic rings. The van der Waals surface area contributed by atoms with E-state index in [1.807, 2.05) is 68.6 Å². The van der Waals surface area contributed by atoms with Crippen LogP contribution in [-0.2, 0) is 11.3 Å². The van der Waals surface area contributed by atoms with Gasteiger partial charge in [0.05, 0.1) is 12.1 Å². The fourth-order valence-electron chi connectivity index (χ4n) is 3.22. The lowest BCUT2D eigenvalue weighted by Gasteiger charge is -2.20. The van der Waals surface area contributed by atoms with Crippen LogP contribution in [0.1, 0.15) is 12.5 Å². The molecule has 2 atom stereocenters. The highest BCUT2D eigenvalue weighted by Gasteiger charge is 2.32.